The van der Waals surface area contributed by atoms with Crippen LogP contribution in [0.5, 0.6) is 11.5 Å². The topological polar surface area (TPSA) is 31.4 Å². The smallest absolute Gasteiger partial charge is 0.416 e. The van der Waals surface area contributed by atoms with Crippen molar-refractivity contribution in [2.45, 2.75) is 38.0 Å². The number of alkyl halides is 3. The number of hydrogen-bond donors (Lipinski definition) is 0. The van der Waals surface area contributed by atoms with E-state index in [1.807, 2.05) is 60.7 Å². The van der Waals surface area contributed by atoms with Crippen LogP contribution >= 0.6 is 0 Å². The first-order valence-corrected chi connectivity index (χ1v) is 12.7. The van der Waals surface area contributed by atoms with Gasteiger partial charge in [-0.05, 0) is 102 Å². The molecule has 0 spiro atoms. The van der Waals surface area contributed by atoms with Gasteiger partial charge in [-0.2, -0.15) is 13.2 Å². The van der Waals surface area contributed by atoms with Crippen molar-refractivity contribution in [3.05, 3.63) is 102 Å². The predicted molar refractivity (Wildman–Crippen MR) is 145 cm³/mol. The van der Waals surface area contributed by atoms with Gasteiger partial charge in [0.05, 0.1) is 18.8 Å². The Morgan fingerprint density at radius 1 is 0.763 bits per heavy atom. The maximum Gasteiger partial charge on any atom is 0.416 e. The van der Waals surface area contributed by atoms with Gasteiger partial charge in [-0.1, -0.05) is 42.5 Å². The van der Waals surface area contributed by atoms with Crippen LogP contribution in [-0.4, -0.2) is 18.2 Å². The molecule has 1 aromatic heterocycles. The number of pyridine rings is 1. The van der Waals surface area contributed by atoms with Crippen molar-refractivity contribution in [2.24, 2.45) is 0 Å². The first kappa shape index (κ1) is 25.6. The molecule has 0 atom stereocenters. The molecule has 0 radical (unpaired) electrons. The molecule has 0 amide bonds. The highest BCUT2D eigenvalue weighted by molar-refractivity contribution is 5.85. The Bertz CT molecular complexity index is 1410. The molecule has 0 N–H and O–H groups in total. The SMILES string of the molecule is COc1ccc(-c2cc(-c3ccc(C(F)(F)F)cc3)ccc2C=Cc2ccncc2)cc1OC1CCCC1. The van der Waals surface area contributed by atoms with E-state index >= 15 is 0 Å². The molecule has 3 nitrogen and oxygen atoms in total. The van der Waals surface area contributed by atoms with E-state index < -0.39 is 11.7 Å². The second-order valence-electron chi connectivity index (χ2n) is 9.38. The second-order valence-corrected chi connectivity index (χ2v) is 9.38. The van der Waals surface area contributed by atoms with E-state index in [0.717, 1.165) is 65.6 Å². The molecular formula is C32H28F3NO2. The Balaban J connectivity index is 1.57. The van der Waals surface area contributed by atoms with Crippen molar-refractivity contribution in [2.75, 3.05) is 7.11 Å². The fourth-order valence-corrected chi connectivity index (χ4v) is 4.77. The maximum absolute atomic E-state index is 13.1. The van der Waals surface area contributed by atoms with Crippen LogP contribution in [0.3, 0.4) is 0 Å². The van der Waals surface area contributed by atoms with Crippen LogP contribution in [0.25, 0.3) is 34.4 Å². The molecule has 1 fully saturated rings. The molecule has 0 saturated heterocycles. The zero-order valence-electron chi connectivity index (χ0n) is 21.0. The lowest BCUT2D eigenvalue weighted by molar-refractivity contribution is -0.137. The van der Waals surface area contributed by atoms with Gasteiger partial charge >= 0.3 is 6.18 Å². The molecule has 194 valence electrons. The highest BCUT2D eigenvalue weighted by atomic mass is 19.4. The number of halogens is 3. The second kappa shape index (κ2) is 11.1. The summed E-state index contributed by atoms with van der Waals surface area (Å²) >= 11 is 0. The quantitative estimate of drug-likeness (QED) is 0.246. The summed E-state index contributed by atoms with van der Waals surface area (Å²) in [6, 6.07) is 20.9. The molecule has 3 aromatic carbocycles. The Morgan fingerprint density at radius 2 is 1.45 bits per heavy atom. The van der Waals surface area contributed by atoms with E-state index in [9.17, 15) is 13.2 Å². The van der Waals surface area contributed by atoms with Gasteiger partial charge in [0.1, 0.15) is 0 Å². The van der Waals surface area contributed by atoms with Crippen molar-refractivity contribution >= 4 is 12.2 Å². The van der Waals surface area contributed by atoms with Gasteiger partial charge in [0.15, 0.2) is 11.5 Å². The van der Waals surface area contributed by atoms with Crippen molar-refractivity contribution in [1.82, 2.24) is 4.98 Å². The number of nitrogens with zero attached hydrogens (tertiary/aromatic N) is 1. The van der Waals surface area contributed by atoms with Gasteiger partial charge in [0, 0.05) is 12.4 Å². The van der Waals surface area contributed by atoms with E-state index in [0.29, 0.717) is 17.1 Å². The Kier molecular flexibility index (Phi) is 7.50. The normalized spacial score (nSPS) is 14.2. The molecule has 1 aliphatic carbocycles. The van der Waals surface area contributed by atoms with Crippen molar-refractivity contribution in [1.29, 1.82) is 0 Å². The molecule has 0 bridgehead atoms. The summed E-state index contributed by atoms with van der Waals surface area (Å²) in [4.78, 5) is 4.07. The molecule has 6 heteroatoms. The van der Waals surface area contributed by atoms with Gasteiger partial charge in [0.25, 0.3) is 0 Å². The lowest BCUT2D eigenvalue weighted by Crippen LogP contribution is -2.11. The fraction of sp³-hybridized carbons (Fsp3) is 0.219. The molecule has 0 aliphatic heterocycles. The summed E-state index contributed by atoms with van der Waals surface area (Å²) in [5.74, 6) is 1.37. The van der Waals surface area contributed by atoms with Crippen molar-refractivity contribution in [3.63, 3.8) is 0 Å². The summed E-state index contributed by atoms with van der Waals surface area (Å²) in [5, 5.41) is 0. The average molecular weight is 516 g/mol. The summed E-state index contributed by atoms with van der Waals surface area (Å²) in [6.45, 7) is 0. The zero-order chi connectivity index (χ0) is 26.5. The van der Waals surface area contributed by atoms with Gasteiger partial charge in [-0.3, -0.25) is 4.98 Å². The lowest BCUT2D eigenvalue weighted by Gasteiger charge is -2.18. The maximum atomic E-state index is 13.1. The summed E-state index contributed by atoms with van der Waals surface area (Å²) in [7, 11) is 1.63. The predicted octanol–water partition coefficient (Wildman–Crippen LogP) is 8.93. The highest BCUT2D eigenvalue weighted by Crippen LogP contribution is 2.39. The lowest BCUT2D eigenvalue weighted by atomic mass is 9.93. The van der Waals surface area contributed by atoms with Crippen LogP contribution < -0.4 is 9.47 Å². The van der Waals surface area contributed by atoms with Gasteiger partial charge < -0.3 is 9.47 Å². The van der Waals surface area contributed by atoms with Gasteiger partial charge in [-0.25, -0.2) is 0 Å². The Morgan fingerprint density at radius 3 is 2.13 bits per heavy atom. The molecule has 1 saturated carbocycles. The molecule has 0 unspecified atom stereocenters. The van der Waals surface area contributed by atoms with Crippen LogP contribution in [0.15, 0.2) is 85.2 Å². The van der Waals surface area contributed by atoms with Crippen LogP contribution in [0.2, 0.25) is 0 Å². The third-order valence-corrected chi connectivity index (χ3v) is 6.83. The van der Waals surface area contributed by atoms with E-state index in [1.165, 1.54) is 12.1 Å². The number of ether oxygens (including phenoxy) is 2. The van der Waals surface area contributed by atoms with Crippen molar-refractivity contribution in [3.8, 4) is 33.8 Å². The summed E-state index contributed by atoms with van der Waals surface area (Å²) in [6.07, 6.45) is 7.69. The Hall–Kier alpha value is -4.06. The monoisotopic (exact) mass is 515 g/mol. The molecule has 1 aliphatic rings. The number of benzene rings is 3. The molecular weight excluding hydrogens is 487 g/mol. The highest BCUT2D eigenvalue weighted by Gasteiger charge is 2.30. The standard InChI is InChI=1S/C32H28F3NO2/c1-37-30-15-12-26(21-31(30)38-28-4-2-3-5-28)29-20-25(23-10-13-27(14-11-23)32(33,34)35)9-8-24(29)7-6-22-16-18-36-19-17-22/h6-21,28H,2-5H2,1H3. The first-order valence-electron chi connectivity index (χ1n) is 12.7. The minimum absolute atomic E-state index is 0.170. The van der Waals surface area contributed by atoms with Crippen LogP contribution in [0.1, 0.15) is 42.4 Å². The number of methoxy groups -OCH3 is 1. The largest absolute Gasteiger partial charge is 0.493 e. The number of hydrogen-bond acceptors (Lipinski definition) is 3. The average Bonchev–Trinajstić information content (AvgIpc) is 3.45. The van der Waals surface area contributed by atoms with Gasteiger partial charge in [-0.15, -0.1) is 0 Å². The van der Waals surface area contributed by atoms with Crippen molar-refractivity contribution < 1.29 is 22.6 Å². The molecule has 1 heterocycles. The first-order chi connectivity index (χ1) is 18.4. The van der Waals surface area contributed by atoms with E-state index in [-0.39, 0.29) is 6.10 Å². The zero-order valence-corrected chi connectivity index (χ0v) is 21.0. The van der Waals surface area contributed by atoms with E-state index in [4.69, 9.17) is 9.47 Å². The molecule has 4 aromatic rings. The summed E-state index contributed by atoms with van der Waals surface area (Å²) in [5.41, 5.74) is 4.71. The number of rotatable bonds is 7. The fourth-order valence-electron chi connectivity index (χ4n) is 4.77. The van der Waals surface area contributed by atoms with Crippen LogP contribution in [0, 0.1) is 0 Å². The Labute approximate surface area is 220 Å². The third kappa shape index (κ3) is 5.91. The minimum Gasteiger partial charge on any atom is -0.493 e. The van der Waals surface area contributed by atoms with Crippen LogP contribution in [0.4, 0.5) is 13.2 Å². The minimum atomic E-state index is -4.37. The van der Waals surface area contributed by atoms with E-state index in [2.05, 4.69) is 4.98 Å². The molecule has 38 heavy (non-hydrogen) atoms. The van der Waals surface area contributed by atoms with Crippen LogP contribution in [-0.2, 0) is 6.18 Å². The third-order valence-electron chi connectivity index (χ3n) is 6.83. The number of aromatic nitrogens is 1. The van der Waals surface area contributed by atoms with Gasteiger partial charge in [0.2, 0.25) is 0 Å². The molecule has 5 rings (SSSR count). The summed E-state index contributed by atoms with van der Waals surface area (Å²) < 4.78 is 51.2. The van der Waals surface area contributed by atoms with E-state index in [1.54, 1.807) is 19.5 Å².